The van der Waals surface area contributed by atoms with Gasteiger partial charge in [0.25, 0.3) is 0 Å². The summed E-state index contributed by atoms with van der Waals surface area (Å²) in [7, 11) is 0. The van der Waals surface area contributed by atoms with Crippen molar-refractivity contribution in [3.05, 3.63) is 30.9 Å². The van der Waals surface area contributed by atoms with Crippen molar-refractivity contribution in [2.45, 2.75) is 31.7 Å². The van der Waals surface area contributed by atoms with Gasteiger partial charge in [0.1, 0.15) is 0 Å². The maximum atomic E-state index is 9.01. The van der Waals surface area contributed by atoms with Gasteiger partial charge in [0, 0.05) is 12.4 Å². The maximum Gasteiger partial charge on any atom is 0.0952 e. The number of hydrogen-bond acceptors (Lipinski definition) is 3. The Morgan fingerprint density at radius 1 is 1.40 bits per heavy atom. The second kappa shape index (κ2) is 4.77. The molecule has 4 nitrogen and oxygen atoms in total. The van der Waals surface area contributed by atoms with E-state index in [1.54, 1.807) is 12.5 Å². The fourth-order valence-corrected chi connectivity index (χ4v) is 1.95. The summed E-state index contributed by atoms with van der Waals surface area (Å²) in [6.07, 6.45) is 13.5. The third-order valence-electron chi connectivity index (χ3n) is 2.74. The zero-order valence-corrected chi connectivity index (χ0v) is 8.58. The van der Waals surface area contributed by atoms with Gasteiger partial charge in [-0.15, -0.1) is 0 Å². The third-order valence-corrected chi connectivity index (χ3v) is 2.74. The van der Waals surface area contributed by atoms with Crippen LogP contribution in [0.4, 0.5) is 0 Å². The van der Waals surface area contributed by atoms with E-state index in [9.17, 15) is 0 Å². The molecular weight excluding hydrogens is 190 g/mol. The van der Waals surface area contributed by atoms with Crippen LogP contribution in [0.3, 0.4) is 0 Å². The van der Waals surface area contributed by atoms with Crippen LogP contribution >= 0.6 is 0 Å². The van der Waals surface area contributed by atoms with Gasteiger partial charge in [-0.1, -0.05) is 17.3 Å². The highest BCUT2D eigenvalue weighted by Gasteiger charge is 2.18. The summed E-state index contributed by atoms with van der Waals surface area (Å²) >= 11 is 0. The summed E-state index contributed by atoms with van der Waals surface area (Å²) in [6.45, 7) is 0. The van der Waals surface area contributed by atoms with Gasteiger partial charge >= 0.3 is 0 Å². The number of hydrogen-bond donors (Lipinski definition) is 1. The van der Waals surface area contributed by atoms with Crippen LogP contribution in [0.15, 0.2) is 36.0 Å². The monoisotopic (exact) mass is 205 g/mol. The van der Waals surface area contributed by atoms with Gasteiger partial charge in [-0.2, -0.15) is 0 Å². The van der Waals surface area contributed by atoms with Gasteiger partial charge in [-0.25, -0.2) is 4.98 Å². The molecule has 1 aliphatic carbocycles. The first kappa shape index (κ1) is 9.96. The van der Waals surface area contributed by atoms with E-state index in [-0.39, 0.29) is 6.04 Å². The molecule has 15 heavy (non-hydrogen) atoms. The van der Waals surface area contributed by atoms with E-state index in [1.165, 1.54) is 0 Å². The van der Waals surface area contributed by atoms with Crippen molar-refractivity contribution >= 4 is 5.71 Å². The molecule has 2 rings (SSSR count). The van der Waals surface area contributed by atoms with E-state index in [2.05, 4.69) is 22.3 Å². The lowest BCUT2D eigenvalue weighted by Gasteiger charge is -2.20. The molecule has 1 N–H and O–H groups in total. The molecule has 0 saturated heterocycles. The molecule has 0 fully saturated rings. The van der Waals surface area contributed by atoms with E-state index in [0.717, 1.165) is 31.4 Å². The van der Waals surface area contributed by atoms with Crippen LogP contribution in [-0.4, -0.2) is 20.5 Å². The summed E-state index contributed by atoms with van der Waals surface area (Å²) < 4.78 is 2.01. The molecule has 0 radical (unpaired) electrons. The Labute approximate surface area is 88.9 Å². The summed E-state index contributed by atoms with van der Waals surface area (Å²) in [5.74, 6) is 0. The molecule has 0 bridgehead atoms. The van der Waals surface area contributed by atoms with Crippen molar-refractivity contribution < 1.29 is 5.21 Å². The van der Waals surface area contributed by atoms with E-state index >= 15 is 0 Å². The number of nitrogens with zero attached hydrogens (tertiary/aromatic N) is 3. The summed E-state index contributed by atoms with van der Waals surface area (Å²) in [5, 5.41) is 12.4. The predicted octanol–water partition coefficient (Wildman–Crippen LogP) is 2.38. The molecule has 1 aliphatic rings. The highest BCUT2D eigenvalue weighted by molar-refractivity contribution is 5.88. The van der Waals surface area contributed by atoms with Crippen LogP contribution in [0, 0.1) is 0 Å². The predicted molar refractivity (Wildman–Crippen MR) is 58.1 cm³/mol. The molecule has 0 aliphatic heterocycles. The topological polar surface area (TPSA) is 50.4 Å². The highest BCUT2D eigenvalue weighted by Crippen LogP contribution is 2.21. The molecule has 1 aromatic rings. The minimum Gasteiger partial charge on any atom is -0.411 e. The summed E-state index contributed by atoms with van der Waals surface area (Å²) in [5.41, 5.74) is 0.845. The van der Waals surface area contributed by atoms with Gasteiger partial charge < -0.3 is 9.77 Å². The summed E-state index contributed by atoms with van der Waals surface area (Å²) in [6, 6.07) is 0.155. The molecule has 0 amide bonds. The highest BCUT2D eigenvalue weighted by atomic mass is 16.4. The van der Waals surface area contributed by atoms with Crippen molar-refractivity contribution in [3.8, 4) is 0 Å². The quantitative estimate of drug-likeness (QED) is 0.434. The molecular formula is C11H15N3O. The molecule has 1 heterocycles. The third kappa shape index (κ3) is 2.26. The molecule has 0 spiro atoms. The maximum absolute atomic E-state index is 9.01. The Balaban J connectivity index is 2.22. The van der Waals surface area contributed by atoms with E-state index in [0.29, 0.717) is 0 Å². The van der Waals surface area contributed by atoms with Crippen molar-refractivity contribution in [2.75, 3.05) is 0 Å². The number of imidazole rings is 1. The minimum atomic E-state index is 0.155. The zero-order valence-electron chi connectivity index (χ0n) is 8.58. The van der Waals surface area contributed by atoms with Crippen molar-refractivity contribution in [3.63, 3.8) is 0 Å². The second-order valence-electron chi connectivity index (χ2n) is 3.70. The first-order chi connectivity index (χ1) is 7.42. The van der Waals surface area contributed by atoms with Crippen LogP contribution < -0.4 is 0 Å². The molecule has 0 saturated carbocycles. The standard InChI is InChI=1S/C11H15N3O/c15-13-10-5-3-1-2-4-6-11(10)14-8-7-12-9-14/h1-2,7-9,11,15H,3-6H2/b2-1?,13-10-/t11-/m0/s1. The molecule has 1 aromatic heterocycles. The molecule has 0 unspecified atom stereocenters. The zero-order chi connectivity index (χ0) is 10.5. The molecule has 1 atom stereocenters. The van der Waals surface area contributed by atoms with Crippen molar-refractivity contribution in [2.24, 2.45) is 5.16 Å². The van der Waals surface area contributed by atoms with Gasteiger partial charge in [-0.3, -0.25) is 0 Å². The first-order valence-electron chi connectivity index (χ1n) is 5.25. The van der Waals surface area contributed by atoms with Crippen LogP contribution in [0.2, 0.25) is 0 Å². The number of rotatable bonds is 1. The Bertz CT molecular complexity index is 354. The smallest absolute Gasteiger partial charge is 0.0952 e. The normalized spacial score (nSPS) is 25.1. The van der Waals surface area contributed by atoms with Gasteiger partial charge in [0.05, 0.1) is 18.1 Å². The Hall–Kier alpha value is -1.58. The van der Waals surface area contributed by atoms with E-state index < -0.39 is 0 Å². The molecule has 0 aromatic carbocycles. The lowest BCUT2D eigenvalue weighted by Crippen LogP contribution is -2.19. The van der Waals surface area contributed by atoms with Crippen molar-refractivity contribution in [1.82, 2.24) is 9.55 Å². The van der Waals surface area contributed by atoms with Crippen LogP contribution in [0.1, 0.15) is 31.7 Å². The molecule has 4 heteroatoms. The van der Waals surface area contributed by atoms with E-state index in [4.69, 9.17) is 5.21 Å². The van der Waals surface area contributed by atoms with Crippen LogP contribution in [-0.2, 0) is 0 Å². The largest absolute Gasteiger partial charge is 0.411 e. The Kier molecular flexibility index (Phi) is 3.17. The lowest BCUT2D eigenvalue weighted by molar-refractivity contribution is 0.312. The fourth-order valence-electron chi connectivity index (χ4n) is 1.95. The number of oxime groups is 1. The molecule has 80 valence electrons. The fraction of sp³-hybridized carbons (Fsp3) is 0.455. The Morgan fingerprint density at radius 3 is 3.00 bits per heavy atom. The van der Waals surface area contributed by atoms with Crippen LogP contribution in [0.25, 0.3) is 0 Å². The average Bonchev–Trinajstić information content (AvgIpc) is 2.71. The van der Waals surface area contributed by atoms with Crippen LogP contribution in [0.5, 0.6) is 0 Å². The second-order valence-corrected chi connectivity index (χ2v) is 3.70. The van der Waals surface area contributed by atoms with E-state index in [1.807, 2.05) is 10.8 Å². The lowest BCUT2D eigenvalue weighted by atomic mass is 9.99. The SMILES string of the molecule is O/N=C1/CCC=CCC[C@@H]1n1ccnc1. The van der Waals surface area contributed by atoms with Gasteiger partial charge in [-0.05, 0) is 25.7 Å². The summed E-state index contributed by atoms with van der Waals surface area (Å²) in [4.78, 5) is 4.03. The number of allylic oxidation sites excluding steroid dienone is 2. The first-order valence-corrected chi connectivity index (χ1v) is 5.25. The average molecular weight is 205 g/mol. The van der Waals surface area contributed by atoms with Gasteiger partial charge in [0.2, 0.25) is 0 Å². The number of aromatic nitrogens is 2. The van der Waals surface area contributed by atoms with Gasteiger partial charge in [0.15, 0.2) is 0 Å². The Morgan fingerprint density at radius 2 is 2.27 bits per heavy atom. The minimum absolute atomic E-state index is 0.155. The van der Waals surface area contributed by atoms with Crippen molar-refractivity contribution in [1.29, 1.82) is 0 Å².